The molecule has 0 amide bonds. The number of hydrogen-bond donors (Lipinski definition) is 1. The van der Waals surface area contributed by atoms with Gasteiger partial charge >= 0.3 is 0 Å². The van der Waals surface area contributed by atoms with Crippen molar-refractivity contribution in [3.05, 3.63) is 68.9 Å². The van der Waals surface area contributed by atoms with E-state index in [-0.39, 0.29) is 11.9 Å². The maximum absolute atomic E-state index is 14.0. The lowest BCUT2D eigenvalue weighted by Crippen LogP contribution is -2.15. The van der Waals surface area contributed by atoms with E-state index >= 15 is 0 Å². The second-order valence-electron chi connectivity index (χ2n) is 5.41. The Morgan fingerprint density at radius 3 is 2.80 bits per heavy atom. The highest BCUT2D eigenvalue weighted by Crippen LogP contribution is 2.27. The molecule has 0 fully saturated rings. The van der Waals surface area contributed by atoms with Crippen molar-refractivity contribution in [3.8, 4) is 0 Å². The minimum atomic E-state index is -0.313. The predicted molar refractivity (Wildman–Crippen MR) is 83.2 cm³/mol. The van der Waals surface area contributed by atoms with Gasteiger partial charge in [-0.25, -0.2) is 4.39 Å². The summed E-state index contributed by atoms with van der Waals surface area (Å²) in [5, 5.41) is 0. The first-order chi connectivity index (χ1) is 9.65. The van der Waals surface area contributed by atoms with Gasteiger partial charge in [0.05, 0.1) is 4.47 Å². The van der Waals surface area contributed by atoms with E-state index < -0.39 is 0 Å². The van der Waals surface area contributed by atoms with Crippen LogP contribution < -0.4 is 5.73 Å². The molecule has 2 N–H and O–H groups in total. The lowest BCUT2D eigenvalue weighted by atomic mass is 9.97. The van der Waals surface area contributed by atoms with Gasteiger partial charge in [-0.1, -0.05) is 30.3 Å². The number of hydrogen-bond acceptors (Lipinski definition) is 1. The van der Waals surface area contributed by atoms with Gasteiger partial charge < -0.3 is 5.73 Å². The fourth-order valence-corrected chi connectivity index (χ4v) is 3.30. The zero-order valence-corrected chi connectivity index (χ0v) is 12.8. The molecule has 0 radical (unpaired) electrons. The van der Waals surface area contributed by atoms with Crippen molar-refractivity contribution in [1.82, 2.24) is 0 Å². The van der Waals surface area contributed by atoms with Crippen LogP contribution in [0, 0.1) is 5.82 Å². The molecule has 1 nitrogen and oxygen atoms in total. The Kier molecular flexibility index (Phi) is 3.90. The third kappa shape index (κ3) is 2.65. The highest BCUT2D eigenvalue weighted by molar-refractivity contribution is 9.10. The Balaban J connectivity index is 1.82. The van der Waals surface area contributed by atoms with E-state index in [2.05, 4.69) is 34.1 Å². The molecule has 3 rings (SSSR count). The zero-order valence-electron chi connectivity index (χ0n) is 11.2. The molecular weight excluding hydrogens is 317 g/mol. The van der Waals surface area contributed by atoms with Crippen LogP contribution in [0.25, 0.3) is 0 Å². The van der Waals surface area contributed by atoms with Crippen molar-refractivity contribution >= 4 is 15.9 Å². The molecule has 104 valence electrons. The van der Waals surface area contributed by atoms with Gasteiger partial charge in [0.15, 0.2) is 0 Å². The largest absolute Gasteiger partial charge is 0.324 e. The summed E-state index contributed by atoms with van der Waals surface area (Å²) in [5.41, 5.74) is 10.8. The summed E-state index contributed by atoms with van der Waals surface area (Å²) >= 11 is 3.21. The highest BCUT2D eigenvalue weighted by atomic mass is 79.9. The Morgan fingerprint density at radius 1 is 1.15 bits per heavy atom. The molecule has 0 aliphatic heterocycles. The number of aryl methyl sites for hydroxylation is 2. The van der Waals surface area contributed by atoms with E-state index in [4.69, 9.17) is 5.73 Å². The van der Waals surface area contributed by atoms with Gasteiger partial charge in [-0.2, -0.15) is 0 Å². The van der Waals surface area contributed by atoms with Crippen molar-refractivity contribution in [1.29, 1.82) is 0 Å². The second kappa shape index (κ2) is 5.66. The molecule has 3 heteroatoms. The topological polar surface area (TPSA) is 26.0 Å². The number of benzene rings is 2. The van der Waals surface area contributed by atoms with Crippen LogP contribution in [0.15, 0.2) is 40.9 Å². The fourth-order valence-electron chi connectivity index (χ4n) is 2.92. The summed E-state index contributed by atoms with van der Waals surface area (Å²) in [4.78, 5) is 0. The second-order valence-corrected chi connectivity index (χ2v) is 6.26. The third-order valence-electron chi connectivity index (χ3n) is 4.00. The van der Waals surface area contributed by atoms with Crippen LogP contribution >= 0.6 is 15.9 Å². The van der Waals surface area contributed by atoms with Crippen LogP contribution in [-0.4, -0.2) is 0 Å². The smallest absolute Gasteiger partial charge is 0.142 e. The molecule has 0 saturated heterocycles. The highest BCUT2D eigenvalue weighted by Gasteiger charge is 2.16. The van der Waals surface area contributed by atoms with Crippen molar-refractivity contribution < 1.29 is 4.39 Å². The standard InChI is InChI=1S/C17H17BrFN/c18-15-6-2-5-14(17(15)19)16(20)10-11-7-8-12-3-1-4-13(12)9-11/h2,5-9,16H,1,3-4,10,20H2. The number of nitrogens with two attached hydrogens (primary N) is 1. The molecular formula is C17H17BrFN. The van der Waals surface area contributed by atoms with Gasteiger partial charge in [0.2, 0.25) is 0 Å². The Hall–Kier alpha value is -1.19. The van der Waals surface area contributed by atoms with Crippen LogP contribution in [0.1, 0.15) is 34.7 Å². The molecule has 0 bridgehead atoms. The molecule has 0 aromatic heterocycles. The molecule has 1 unspecified atom stereocenters. The third-order valence-corrected chi connectivity index (χ3v) is 4.61. The van der Waals surface area contributed by atoms with Crippen molar-refractivity contribution in [3.63, 3.8) is 0 Å². The van der Waals surface area contributed by atoms with Crippen LogP contribution in [-0.2, 0) is 19.3 Å². The lowest BCUT2D eigenvalue weighted by molar-refractivity contribution is 0.575. The van der Waals surface area contributed by atoms with Crippen molar-refractivity contribution in [2.45, 2.75) is 31.7 Å². The monoisotopic (exact) mass is 333 g/mol. The van der Waals surface area contributed by atoms with E-state index in [9.17, 15) is 4.39 Å². The van der Waals surface area contributed by atoms with Crippen LogP contribution in [0.5, 0.6) is 0 Å². The normalized spacial score (nSPS) is 15.2. The molecule has 1 aliphatic carbocycles. The maximum Gasteiger partial charge on any atom is 0.142 e. The molecule has 0 saturated carbocycles. The molecule has 1 atom stereocenters. The van der Waals surface area contributed by atoms with Crippen molar-refractivity contribution in [2.75, 3.05) is 0 Å². The number of halogens is 2. The first kappa shape index (κ1) is 13.8. The zero-order chi connectivity index (χ0) is 14.1. The average Bonchev–Trinajstić information content (AvgIpc) is 2.89. The van der Waals surface area contributed by atoms with Gasteiger partial charge in [-0.15, -0.1) is 0 Å². The van der Waals surface area contributed by atoms with Crippen LogP contribution in [0.4, 0.5) is 4.39 Å². The van der Waals surface area contributed by atoms with Gasteiger partial charge in [-0.3, -0.25) is 0 Å². The molecule has 0 heterocycles. The summed E-state index contributed by atoms with van der Waals surface area (Å²) in [6.07, 6.45) is 4.25. The lowest BCUT2D eigenvalue weighted by Gasteiger charge is -2.14. The summed E-state index contributed by atoms with van der Waals surface area (Å²) in [6.45, 7) is 0. The summed E-state index contributed by atoms with van der Waals surface area (Å²) in [7, 11) is 0. The van der Waals surface area contributed by atoms with E-state index in [0.29, 0.717) is 16.5 Å². The molecule has 1 aliphatic rings. The van der Waals surface area contributed by atoms with Gasteiger partial charge in [0.25, 0.3) is 0 Å². The van der Waals surface area contributed by atoms with E-state index in [1.54, 1.807) is 12.1 Å². The molecule has 20 heavy (non-hydrogen) atoms. The summed E-state index contributed by atoms with van der Waals surface area (Å²) in [5.74, 6) is -0.249. The first-order valence-corrected chi connectivity index (χ1v) is 7.74. The average molecular weight is 334 g/mol. The quantitative estimate of drug-likeness (QED) is 0.889. The fraction of sp³-hybridized carbons (Fsp3) is 0.294. The van der Waals surface area contributed by atoms with Gasteiger partial charge in [0, 0.05) is 11.6 Å². The molecule has 2 aromatic carbocycles. The number of rotatable bonds is 3. The van der Waals surface area contributed by atoms with Gasteiger partial charge in [-0.05, 0) is 64.4 Å². The minimum absolute atomic E-state index is 0.249. The van der Waals surface area contributed by atoms with E-state index in [1.807, 2.05) is 6.07 Å². The van der Waals surface area contributed by atoms with E-state index in [0.717, 1.165) is 6.42 Å². The summed E-state index contributed by atoms with van der Waals surface area (Å²) < 4.78 is 14.5. The van der Waals surface area contributed by atoms with Crippen LogP contribution in [0.2, 0.25) is 0 Å². The predicted octanol–water partition coefficient (Wildman–Crippen LogP) is 4.32. The number of fused-ring (bicyclic) bond motifs is 1. The Morgan fingerprint density at radius 2 is 1.95 bits per heavy atom. The SMILES string of the molecule is NC(Cc1ccc2c(c1)CCC2)c1cccc(Br)c1F. The maximum atomic E-state index is 14.0. The van der Waals surface area contributed by atoms with Crippen molar-refractivity contribution in [2.24, 2.45) is 5.73 Å². The first-order valence-electron chi connectivity index (χ1n) is 6.95. The van der Waals surface area contributed by atoms with Gasteiger partial charge in [0.1, 0.15) is 5.82 Å². The van der Waals surface area contributed by atoms with E-state index in [1.165, 1.54) is 29.5 Å². The summed E-state index contributed by atoms with van der Waals surface area (Å²) in [6, 6.07) is 11.5. The van der Waals surface area contributed by atoms with Crippen LogP contribution in [0.3, 0.4) is 0 Å². The minimum Gasteiger partial charge on any atom is -0.324 e. The molecule has 0 spiro atoms. The molecule has 2 aromatic rings. The Labute approximate surface area is 127 Å². The Bertz CT molecular complexity index is 639.